The third-order valence-electron chi connectivity index (χ3n) is 20.7. The van der Waals surface area contributed by atoms with E-state index in [4.69, 9.17) is 9.72 Å². The van der Waals surface area contributed by atoms with Crippen LogP contribution in [0.5, 0.6) is 11.5 Å². The summed E-state index contributed by atoms with van der Waals surface area (Å²) in [5.41, 5.74) is 24.0. The Balaban J connectivity index is 0.00000577. The molecular weight excluding hydrogens is 1200 g/mol. The minimum atomic E-state index is -0.289. The van der Waals surface area contributed by atoms with Gasteiger partial charge in [-0.2, -0.15) is 18.2 Å². The second-order valence-electron chi connectivity index (χ2n) is 25.2. The van der Waals surface area contributed by atoms with E-state index in [1.54, 1.807) is 0 Å². The van der Waals surface area contributed by atoms with Crippen LogP contribution in [-0.4, -0.2) is 14.1 Å². The maximum absolute atomic E-state index is 6.89. The molecule has 3 aliphatic carbocycles. The second-order valence-corrected chi connectivity index (χ2v) is 25.2. The predicted octanol–water partition coefficient (Wildman–Crippen LogP) is 18.1. The van der Waals surface area contributed by atoms with E-state index >= 15 is 0 Å². The zero-order valence-electron chi connectivity index (χ0n) is 47.9. The van der Waals surface area contributed by atoms with E-state index < -0.39 is 0 Å². The van der Waals surface area contributed by atoms with E-state index in [0.29, 0.717) is 11.5 Å². The predicted molar refractivity (Wildman–Crippen MR) is 334 cm³/mol. The zero-order chi connectivity index (χ0) is 55.9. The van der Waals surface area contributed by atoms with Crippen molar-refractivity contribution in [2.75, 3.05) is 0 Å². The number of fused-ring (bicyclic) bond motifs is 19. The van der Waals surface area contributed by atoms with Crippen molar-refractivity contribution in [3.63, 3.8) is 0 Å². The van der Waals surface area contributed by atoms with Gasteiger partial charge in [-0.3, -0.25) is 4.57 Å². The molecule has 17 rings (SSSR count). The Morgan fingerprint density at radius 1 is 0.464 bits per heavy atom. The molecule has 4 atom stereocenters. The molecule has 0 N–H and O–H groups in total. The minimum Gasteiger partial charge on any atom is -0.510 e. The Morgan fingerprint density at radius 3 is 1.71 bits per heavy atom. The van der Waals surface area contributed by atoms with Gasteiger partial charge in [-0.25, -0.2) is 4.98 Å². The standard InChI is InChI=1S/C78H58N4O.Pt/c1-74(2,3)50-39-40-79-72(44-50)82-69-34-19-13-28-59(69)60-37-36-53(46-70(60)82)83-52-22-20-21-51(45-52)80-47-81-68-33-18-12-27-58(68)56-25-10-8-23-54(56)55-24-9-11-26-57(55)61-41-49(43-71(80)73(61)81)48-35-38-66-67(42-48)77(6)65-32-17-16-31-64(65)75(4)62-29-14-15-30-63(62)76(66,5)78(75,77)7;/h8-44H,1-7H3;/q-2;. The normalized spacial score (nSPS) is 20.2. The molecule has 3 aromatic heterocycles. The van der Waals surface area contributed by atoms with Gasteiger partial charge >= 0.3 is 0 Å². The van der Waals surface area contributed by atoms with Gasteiger partial charge in [0.25, 0.3) is 6.33 Å². The summed E-state index contributed by atoms with van der Waals surface area (Å²) in [5.74, 6) is 2.00. The van der Waals surface area contributed by atoms with Crippen LogP contribution in [0.2, 0.25) is 0 Å². The SMILES string of the molecule is CC(C)(C)c1ccnc(-n2c3[c-]c(Oc4[c-]c(-n5[c-][n+]6c7c(cc(-c8ccc9c(c8)C8(C)c%10ccccc%10C%10(C)c%11ccccc%11C9(C)C%108C)cc75)-c5ccccc5-c5ccccc5-c5ccccc5-6)ccc4)ccc3c3ccccc32)c1.[Pt]. The molecule has 1 aliphatic heterocycles. The molecule has 5 nitrogen and oxygen atoms in total. The summed E-state index contributed by atoms with van der Waals surface area (Å²) in [5, 5.41) is 2.21. The quantitative estimate of drug-likeness (QED) is 0.127. The molecule has 6 heteroatoms. The second kappa shape index (κ2) is 17.6. The van der Waals surface area contributed by atoms with Crippen LogP contribution in [0.4, 0.5) is 0 Å². The first-order valence-corrected chi connectivity index (χ1v) is 29.1. The number of rotatable bonds is 5. The summed E-state index contributed by atoms with van der Waals surface area (Å²) in [4.78, 5) is 4.93. The molecule has 408 valence electrons. The van der Waals surface area contributed by atoms with E-state index in [1.165, 1.54) is 61.2 Å². The van der Waals surface area contributed by atoms with Crippen LogP contribution >= 0.6 is 0 Å². The van der Waals surface area contributed by atoms with Crippen molar-refractivity contribution in [2.45, 2.75) is 70.1 Å². The van der Waals surface area contributed by atoms with Crippen LogP contribution in [0.15, 0.2) is 225 Å². The third kappa shape index (κ3) is 6.38. The van der Waals surface area contributed by atoms with Crippen molar-refractivity contribution in [3.8, 4) is 73.2 Å². The van der Waals surface area contributed by atoms with Gasteiger partial charge in [-0.05, 0) is 136 Å². The average Bonchev–Trinajstić information content (AvgIpc) is 1.45. The zero-order valence-corrected chi connectivity index (χ0v) is 50.1. The molecule has 10 aromatic carbocycles. The molecule has 0 saturated carbocycles. The Bertz CT molecular complexity index is 4970. The monoisotopic (exact) mass is 1260 g/mol. The van der Waals surface area contributed by atoms with E-state index in [2.05, 4.69) is 287 Å². The van der Waals surface area contributed by atoms with Crippen LogP contribution in [0.1, 0.15) is 87.4 Å². The number of ether oxygens (including phenoxy) is 1. The van der Waals surface area contributed by atoms with Crippen molar-refractivity contribution < 1.29 is 30.4 Å². The maximum Gasteiger partial charge on any atom is 0.268 e. The number of hydrogen-bond acceptors (Lipinski definition) is 2. The van der Waals surface area contributed by atoms with Crippen LogP contribution < -0.4 is 9.30 Å². The molecule has 0 saturated heterocycles. The fraction of sp³-hybridized carbons (Fsp3) is 0.154. The maximum atomic E-state index is 6.89. The summed E-state index contributed by atoms with van der Waals surface area (Å²) in [7, 11) is 0. The van der Waals surface area contributed by atoms with Gasteiger partial charge in [0.1, 0.15) is 5.82 Å². The van der Waals surface area contributed by atoms with Gasteiger partial charge in [0, 0.05) is 65.9 Å². The van der Waals surface area contributed by atoms with Crippen molar-refractivity contribution in [3.05, 3.63) is 282 Å². The van der Waals surface area contributed by atoms with Gasteiger partial charge in [0.15, 0.2) is 0 Å². The van der Waals surface area contributed by atoms with E-state index in [-0.39, 0.29) is 48.1 Å². The van der Waals surface area contributed by atoms with E-state index in [9.17, 15) is 0 Å². The number of pyridine rings is 1. The molecule has 0 spiro atoms. The summed E-state index contributed by atoms with van der Waals surface area (Å²) in [6.45, 7) is 16.9. The molecule has 0 amide bonds. The molecular formula is C78H58N4OPt-2. The van der Waals surface area contributed by atoms with Crippen LogP contribution in [-0.2, 0) is 42.7 Å². The Labute approximate surface area is 504 Å². The van der Waals surface area contributed by atoms with Crippen LogP contribution in [0, 0.1) is 23.9 Å². The van der Waals surface area contributed by atoms with Crippen molar-refractivity contribution in [1.82, 2.24) is 14.1 Å². The molecule has 4 unspecified atom stereocenters. The molecule has 13 aromatic rings. The summed E-state index contributed by atoms with van der Waals surface area (Å²) < 4.78 is 13.6. The van der Waals surface area contributed by atoms with Gasteiger partial charge in [0.2, 0.25) is 0 Å². The van der Waals surface area contributed by atoms with Gasteiger partial charge in [-0.15, -0.1) is 29.7 Å². The first kappa shape index (κ1) is 50.8. The Hall–Kier alpha value is -8.89. The van der Waals surface area contributed by atoms with Gasteiger partial charge < -0.3 is 13.9 Å². The molecule has 0 fully saturated rings. The Morgan fingerprint density at radius 2 is 1.04 bits per heavy atom. The van der Waals surface area contributed by atoms with Crippen molar-refractivity contribution >= 4 is 32.8 Å². The number of hydrogen-bond donors (Lipinski definition) is 0. The number of imidazole rings is 1. The largest absolute Gasteiger partial charge is 0.510 e. The summed E-state index contributed by atoms with van der Waals surface area (Å²) in [6.07, 6.45) is 5.88. The number of nitrogens with zero attached hydrogens (tertiary/aromatic N) is 4. The van der Waals surface area contributed by atoms with Gasteiger partial charge in [-0.1, -0.05) is 206 Å². The number of aromatic nitrogens is 4. The molecule has 0 radical (unpaired) electrons. The van der Waals surface area contributed by atoms with Gasteiger partial charge in [0.05, 0.1) is 16.7 Å². The summed E-state index contributed by atoms with van der Waals surface area (Å²) in [6, 6.07) is 88.1. The fourth-order valence-corrected chi connectivity index (χ4v) is 16.5. The van der Waals surface area contributed by atoms with Crippen molar-refractivity contribution in [2.24, 2.45) is 5.41 Å². The minimum absolute atomic E-state index is 0. The summed E-state index contributed by atoms with van der Waals surface area (Å²) >= 11 is 0. The molecule has 4 heterocycles. The van der Waals surface area contributed by atoms with Crippen LogP contribution in [0.3, 0.4) is 0 Å². The van der Waals surface area contributed by atoms with E-state index in [0.717, 1.165) is 72.3 Å². The average molecular weight is 1260 g/mol. The first-order valence-electron chi connectivity index (χ1n) is 29.1. The molecule has 4 aliphatic rings. The Kier molecular flexibility index (Phi) is 10.6. The van der Waals surface area contributed by atoms with Crippen LogP contribution in [0.25, 0.3) is 94.5 Å². The van der Waals surface area contributed by atoms with Crippen molar-refractivity contribution in [1.29, 1.82) is 0 Å². The smallest absolute Gasteiger partial charge is 0.268 e. The molecule has 0 bridgehead atoms. The number of benzene rings is 10. The third-order valence-corrected chi connectivity index (χ3v) is 20.7. The molecule has 84 heavy (non-hydrogen) atoms. The topological polar surface area (TPSA) is 35.9 Å². The van der Waals surface area contributed by atoms with E-state index in [1.807, 2.05) is 18.3 Å². The number of para-hydroxylation sites is 2. The fourth-order valence-electron chi connectivity index (χ4n) is 16.5. The first-order chi connectivity index (χ1) is 40.3.